The van der Waals surface area contributed by atoms with Crippen molar-refractivity contribution in [1.29, 1.82) is 0 Å². The summed E-state index contributed by atoms with van der Waals surface area (Å²) in [7, 11) is 0. The second-order valence-corrected chi connectivity index (χ2v) is 4.69. The first kappa shape index (κ1) is 13.2. The van der Waals surface area contributed by atoms with Crippen molar-refractivity contribution in [2.75, 3.05) is 11.4 Å². The molecule has 1 unspecified atom stereocenters. The van der Waals surface area contributed by atoms with Crippen molar-refractivity contribution in [1.82, 2.24) is 9.97 Å². The highest BCUT2D eigenvalue weighted by Gasteiger charge is 2.42. The number of anilines is 1. The number of carboxylic acid groups (broad SMARTS) is 1. The first-order valence-electron chi connectivity index (χ1n) is 5.92. The average Bonchev–Trinajstić information content (AvgIpc) is 2.39. The molecule has 0 radical (unpaired) electrons. The molecule has 1 atom stereocenters. The van der Waals surface area contributed by atoms with E-state index >= 15 is 0 Å². The highest BCUT2D eigenvalue weighted by Crippen LogP contribution is 2.31. The van der Waals surface area contributed by atoms with Gasteiger partial charge in [-0.3, -0.25) is 10.1 Å². The van der Waals surface area contributed by atoms with E-state index in [-0.39, 0.29) is 11.6 Å². The number of carbonyl (C=O) groups is 1. The minimum absolute atomic E-state index is 0.210. The highest BCUT2D eigenvalue weighted by molar-refractivity contribution is 5.82. The van der Waals surface area contributed by atoms with E-state index in [0.29, 0.717) is 13.0 Å². The van der Waals surface area contributed by atoms with E-state index in [1.165, 1.54) is 0 Å². The number of aromatic nitrogens is 2. The molecule has 1 aliphatic heterocycles. The van der Waals surface area contributed by atoms with Crippen LogP contribution in [0.5, 0.6) is 0 Å². The molecular formula is C11H14N4O4. The molecule has 0 spiro atoms. The number of carboxylic acids is 1. The Kier molecular flexibility index (Phi) is 3.32. The van der Waals surface area contributed by atoms with Crippen molar-refractivity contribution in [3.05, 3.63) is 22.5 Å². The van der Waals surface area contributed by atoms with Crippen molar-refractivity contribution in [3.63, 3.8) is 0 Å². The zero-order valence-corrected chi connectivity index (χ0v) is 10.4. The number of aliphatic carboxylic acids is 1. The lowest BCUT2D eigenvalue weighted by Crippen LogP contribution is -2.56. The van der Waals surface area contributed by atoms with Gasteiger partial charge in [-0.15, -0.1) is 0 Å². The second-order valence-electron chi connectivity index (χ2n) is 4.69. The molecule has 1 aliphatic rings. The van der Waals surface area contributed by atoms with Crippen LogP contribution in [0.2, 0.25) is 0 Å². The van der Waals surface area contributed by atoms with Crippen LogP contribution in [0.4, 0.5) is 11.6 Å². The lowest BCUT2D eigenvalue weighted by atomic mass is 9.89. The third-order valence-corrected chi connectivity index (χ3v) is 3.43. The van der Waals surface area contributed by atoms with Gasteiger partial charge in [0.15, 0.2) is 0 Å². The number of piperidine rings is 1. The standard InChI is InChI=1S/C11H14N4O4/c1-11(9(16)17)4-2-3-5-14(11)10-12-6-8(7-13-10)15(18)19/h6-7H,2-5H2,1H3,(H,16,17). The van der Waals surface area contributed by atoms with Crippen LogP contribution in [0, 0.1) is 10.1 Å². The lowest BCUT2D eigenvalue weighted by molar-refractivity contribution is -0.385. The summed E-state index contributed by atoms with van der Waals surface area (Å²) in [6.45, 7) is 2.15. The van der Waals surface area contributed by atoms with Gasteiger partial charge < -0.3 is 10.0 Å². The molecule has 1 N–H and O–H groups in total. The van der Waals surface area contributed by atoms with Crippen LogP contribution in [0.25, 0.3) is 0 Å². The Balaban J connectivity index is 2.32. The van der Waals surface area contributed by atoms with Gasteiger partial charge in [-0.25, -0.2) is 14.8 Å². The van der Waals surface area contributed by atoms with Gasteiger partial charge in [-0.1, -0.05) is 0 Å². The molecule has 0 saturated carbocycles. The van der Waals surface area contributed by atoms with Crippen molar-refractivity contribution in [3.8, 4) is 0 Å². The fourth-order valence-corrected chi connectivity index (χ4v) is 2.21. The molecule has 1 aromatic rings. The van der Waals surface area contributed by atoms with Gasteiger partial charge in [0.25, 0.3) is 0 Å². The van der Waals surface area contributed by atoms with Crippen LogP contribution in [-0.2, 0) is 4.79 Å². The third-order valence-electron chi connectivity index (χ3n) is 3.43. The summed E-state index contributed by atoms with van der Waals surface area (Å²) < 4.78 is 0. The molecule has 0 aromatic carbocycles. The number of rotatable bonds is 3. The van der Waals surface area contributed by atoms with Crippen LogP contribution < -0.4 is 4.90 Å². The number of nitro groups is 1. The second kappa shape index (κ2) is 4.79. The monoisotopic (exact) mass is 266 g/mol. The molecule has 1 saturated heterocycles. The first-order chi connectivity index (χ1) is 8.95. The molecule has 1 aromatic heterocycles. The Hall–Kier alpha value is -2.25. The molecule has 0 amide bonds. The largest absolute Gasteiger partial charge is 0.480 e. The summed E-state index contributed by atoms with van der Waals surface area (Å²) in [5, 5.41) is 19.9. The van der Waals surface area contributed by atoms with Crippen LogP contribution in [-0.4, -0.2) is 38.1 Å². The van der Waals surface area contributed by atoms with Crippen molar-refractivity contribution >= 4 is 17.6 Å². The number of nitrogens with zero attached hydrogens (tertiary/aromatic N) is 4. The molecule has 1 fully saturated rings. The minimum atomic E-state index is -1.06. The molecule has 19 heavy (non-hydrogen) atoms. The highest BCUT2D eigenvalue weighted by atomic mass is 16.6. The zero-order chi connectivity index (χ0) is 14.0. The fraction of sp³-hybridized carbons (Fsp3) is 0.545. The Morgan fingerprint density at radius 1 is 1.47 bits per heavy atom. The predicted molar refractivity (Wildman–Crippen MR) is 65.9 cm³/mol. The van der Waals surface area contributed by atoms with Crippen molar-refractivity contribution < 1.29 is 14.8 Å². The van der Waals surface area contributed by atoms with Gasteiger partial charge in [0.1, 0.15) is 17.9 Å². The molecule has 2 heterocycles. The fourth-order valence-electron chi connectivity index (χ4n) is 2.21. The smallest absolute Gasteiger partial charge is 0.329 e. The maximum Gasteiger partial charge on any atom is 0.329 e. The van der Waals surface area contributed by atoms with Gasteiger partial charge >= 0.3 is 11.7 Å². The Bertz CT molecular complexity index is 504. The normalized spacial score (nSPS) is 23.1. The molecule has 102 valence electrons. The average molecular weight is 266 g/mol. The van der Waals surface area contributed by atoms with E-state index in [1.807, 2.05) is 0 Å². The van der Waals surface area contributed by atoms with E-state index in [2.05, 4.69) is 9.97 Å². The first-order valence-corrected chi connectivity index (χ1v) is 5.92. The van der Waals surface area contributed by atoms with Crippen LogP contribution in [0.1, 0.15) is 26.2 Å². The molecule has 2 rings (SSSR count). The Labute approximate surface area is 109 Å². The summed E-state index contributed by atoms with van der Waals surface area (Å²) in [6, 6.07) is 0. The van der Waals surface area contributed by atoms with E-state index in [0.717, 1.165) is 25.2 Å². The summed E-state index contributed by atoms with van der Waals surface area (Å²) in [6.07, 6.45) is 4.37. The maximum atomic E-state index is 11.4. The molecule has 8 nitrogen and oxygen atoms in total. The Morgan fingerprint density at radius 3 is 2.63 bits per heavy atom. The molecular weight excluding hydrogens is 252 g/mol. The van der Waals surface area contributed by atoms with Gasteiger partial charge in [0.2, 0.25) is 5.95 Å². The zero-order valence-electron chi connectivity index (χ0n) is 10.4. The van der Waals surface area contributed by atoms with Gasteiger partial charge in [0.05, 0.1) is 4.92 Å². The predicted octanol–water partition coefficient (Wildman–Crippen LogP) is 1.22. The third kappa shape index (κ3) is 2.33. The van der Waals surface area contributed by atoms with E-state index in [4.69, 9.17) is 0 Å². The summed E-state index contributed by atoms with van der Waals surface area (Å²) in [4.78, 5) is 30.8. The minimum Gasteiger partial charge on any atom is -0.480 e. The van der Waals surface area contributed by atoms with Gasteiger partial charge in [-0.2, -0.15) is 0 Å². The number of hydrogen-bond acceptors (Lipinski definition) is 6. The van der Waals surface area contributed by atoms with Gasteiger partial charge in [0, 0.05) is 6.54 Å². The maximum absolute atomic E-state index is 11.4. The topological polar surface area (TPSA) is 109 Å². The quantitative estimate of drug-likeness (QED) is 0.646. The van der Waals surface area contributed by atoms with Crippen molar-refractivity contribution in [2.45, 2.75) is 31.7 Å². The summed E-state index contributed by atoms with van der Waals surface area (Å²) in [5.41, 5.74) is -1.27. The van der Waals surface area contributed by atoms with Gasteiger partial charge in [-0.05, 0) is 26.2 Å². The molecule has 8 heteroatoms. The lowest BCUT2D eigenvalue weighted by Gasteiger charge is -2.41. The van der Waals surface area contributed by atoms with Crippen LogP contribution in [0.15, 0.2) is 12.4 Å². The van der Waals surface area contributed by atoms with Crippen LogP contribution in [0.3, 0.4) is 0 Å². The SMILES string of the molecule is CC1(C(=O)O)CCCCN1c1ncc([N+](=O)[O-])cn1. The number of hydrogen-bond donors (Lipinski definition) is 1. The Morgan fingerprint density at radius 2 is 2.11 bits per heavy atom. The van der Waals surface area contributed by atoms with E-state index < -0.39 is 16.4 Å². The van der Waals surface area contributed by atoms with E-state index in [1.54, 1.807) is 11.8 Å². The molecule has 0 aliphatic carbocycles. The van der Waals surface area contributed by atoms with Crippen molar-refractivity contribution in [2.24, 2.45) is 0 Å². The van der Waals surface area contributed by atoms with Crippen LogP contribution >= 0.6 is 0 Å². The van der Waals surface area contributed by atoms with E-state index in [9.17, 15) is 20.0 Å². The summed E-state index contributed by atoms with van der Waals surface area (Å²) >= 11 is 0. The molecule has 0 bridgehead atoms. The summed E-state index contributed by atoms with van der Waals surface area (Å²) in [5.74, 6) is -0.718.